The first-order valence-corrected chi connectivity index (χ1v) is 11.6. The van der Waals surface area contributed by atoms with Gasteiger partial charge in [0.25, 0.3) is 0 Å². The molecule has 0 spiro atoms. The van der Waals surface area contributed by atoms with Crippen molar-refractivity contribution < 1.29 is 13.2 Å². The van der Waals surface area contributed by atoms with E-state index >= 15 is 0 Å². The number of carbonyl (C=O) groups excluding carboxylic acids is 1. The van der Waals surface area contributed by atoms with Gasteiger partial charge in [-0.1, -0.05) is 0 Å². The van der Waals surface area contributed by atoms with Crippen LogP contribution in [-0.4, -0.2) is 76.8 Å². The number of aromatic nitrogens is 3. The van der Waals surface area contributed by atoms with Crippen LogP contribution in [0.25, 0.3) is 10.8 Å². The minimum absolute atomic E-state index is 0.00658. The number of nitrogens with zero attached hydrogens (tertiary/aromatic N) is 5. The minimum Gasteiger partial charge on any atom is -0.340 e. The van der Waals surface area contributed by atoms with Gasteiger partial charge in [-0.15, -0.1) is 11.3 Å². The third-order valence-electron chi connectivity index (χ3n) is 4.96. The molecule has 2 saturated heterocycles. The third-order valence-corrected chi connectivity index (χ3v) is 7.62. The molecule has 0 saturated carbocycles. The van der Waals surface area contributed by atoms with Crippen molar-refractivity contribution in [3.05, 3.63) is 29.5 Å². The Balaban J connectivity index is 1.30. The van der Waals surface area contributed by atoms with Gasteiger partial charge in [0, 0.05) is 50.5 Å². The maximum atomic E-state index is 12.5. The summed E-state index contributed by atoms with van der Waals surface area (Å²) in [6.07, 6.45) is 3.87. The van der Waals surface area contributed by atoms with Gasteiger partial charge in [0.1, 0.15) is 0 Å². The Morgan fingerprint density at radius 2 is 1.93 bits per heavy atom. The van der Waals surface area contributed by atoms with Crippen LogP contribution < -0.4 is 0 Å². The summed E-state index contributed by atoms with van der Waals surface area (Å²) in [5, 5.41) is 2.83. The SMILES string of the molecule is O=C(C1CCS(=O)(=O)C1)N1CCN(Cc2csc(-c3ncccn3)n2)CC1. The summed E-state index contributed by atoms with van der Waals surface area (Å²) in [7, 11) is -3.03. The largest absolute Gasteiger partial charge is 0.340 e. The van der Waals surface area contributed by atoms with Crippen LogP contribution in [0.4, 0.5) is 0 Å². The number of hydrogen-bond donors (Lipinski definition) is 0. The summed E-state index contributed by atoms with van der Waals surface area (Å²) in [5.74, 6) is 0.424. The summed E-state index contributed by atoms with van der Waals surface area (Å²) >= 11 is 1.53. The molecule has 8 nitrogen and oxygen atoms in total. The number of hydrogen-bond acceptors (Lipinski definition) is 8. The summed E-state index contributed by atoms with van der Waals surface area (Å²) in [6, 6.07) is 1.78. The van der Waals surface area contributed by atoms with E-state index in [9.17, 15) is 13.2 Å². The normalized spacial score (nSPS) is 22.8. The predicted octanol–water partition coefficient (Wildman–Crippen LogP) is 0.679. The zero-order valence-electron chi connectivity index (χ0n) is 14.8. The smallest absolute Gasteiger partial charge is 0.226 e. The summed E-state index contributed by atoms with van der Waals surface area (Å²) in [5.41, 5.74) is 0.976. The van der Waals surface area contributed by atoms with Crippen molar-refractivity contribution in [1.29, 1.82) is 0 Å². The highest BCUT2D eigenvalue weighted by Crippen LogP contribution is 2.23. The zero-order valence-corrected chi connectivity index (χ0v) is 16.5. The van der Waals surface area contributed by atoms with Crippen LogP contribution in [0.2, 0.25) is 0 Å². The Morgan fingerprint density at radius 1 is 1.19 bits per heavy atom. The Morgan fingerprint density at radius 3 is 2.59 bits per heavy atom. The molecule has 10 heteroatoms. The van der Waals surface area contributed by atoms with E-state index in [0.717, 1.165) is 30.3 Å². The molecule has 0 bridgehead atoms. The number of sulfone groups is 1. The fourth-order valence-electron chi connectivity index (χ4n) is 3.50. The Labute approximate surface area is 162 Å². The van der Waals surface area contributed by atoms with Crippen LogP contribution in [-0.2, 0) is 21.2 Å². The van der Waals surface area contributed by atoms with E-state index in [1.165, 1.54) is 11.3 Å². The third kappa shape index (κ3) is 4.33. The molecule has 0 aromatic carbocycles. The fourth-order valence-corrected chi connectivity index (χ4v) is 5.98. The Bertz CT molecular complexity index is 908. The molecule has 2 aliphatic rings. The standard InChI is InChI=1S/C17H21N5O3S2/c23-17(13-2-9-27(24,25)12-13)22-7-5-21(6-8-22)10-14-11-26-16(20-14)15-18-3-1-4-19-15/h1,3-4,11,13H,2,5-10,12H2. The second-order valence-corrected chi connectivity index (χ2v) is 10.0. The fraction of sp³-hybridized carbons (Fsp3) is 0.529. The molecule has 4 heterocycles. The molecule has 0 N–H and O–H groups in total. The lowest BCUT2D eigenvalue weighted by molar-refractivity contribution is -0.136. The van der Waals surface area contributed by atoms with Gasteiger partial charge in [-0.25, -0.2) is 23.4 Å². The lowest BCUT2D eigenvalue weighted by Crippen LogP contribution is -2.50. The highest BCUT2D eigenvalue weighted by atomic mass is 32.2. The lowest BCUT2D eigenvalue weighted by atomic mass is 10.1. The molecule has 2 fully saturated rings. The predicted molar refractivity (Wildman–Crippen MR) is 102 cm³/mol. The van der Waals surface area contributed by atoms with E-state index in [4.69, 9.17) is 0 Å². The molecule has 2 aliphatic heterocycles. The number of carbonyl (C=O) groups is 1. The molecule has 2 aromatic rings. The van der Waals surface area contributed by atoms with E-state index in [-0.39, 0.29) is 23.3 Å². The van der Waals surface area contributed by atoms with Gasteiger partial charge in [0.05, 0.1) is 23.1 Å². The van der Waals surface area contributed by atoms with E-state index in [2.05, 4.69) is 19.9 Å². The zero-order chi connectivity index (χ0) is 18.9. The maximum Gasteiger partial charge on any atom is 0.226 e. The van der Waals surface area contributed by atoms with Crippen molar-refractivity contribution in [2.45, 2.75) is 13.0 Å². The quantitative estimate of drug-likeness (QED) is 0.735. The molecule has 0 radical (unpaired) electrons. The monoisotopic (exact) mass is 407 g/mol. The molecule has 2 aromatic heterocycles. The lowest BCUT2D eigenvalue weighted by Gasteiger charge is -2.35. The maximum absolute atomic E-state index is 12.5. The topological polar surface area (TPSA) is 96.4 Å². The Hall–Kier alpha value is -1.91. The molecule has 4 rings (SSSR count). The van der Waals surface area contributed by atoms with Crippen LogP contribution in [0.3, 0.4) is 0 Å². The minimum atomic E-state index is -3.03. The van der Waals surface area contributed by atoms with Crippen molar-refractivity contribution in [3.63, 3.8) is 0 Å². The van der Waals surface area contributed by atoms with Gasteiger partial charge in [0.2, 0.25) is 5.91 Å². The average Bonchev–Trinajstić information content (AvgIpc) is 3.29. The first kappa shape index (κ1) is 18.5. The van der Waals surface area contributed by atoms with Crippen molar-refractivity contribution in [3.8, 4) is 10.8 Å². The molecule has 1 atom stereocenters. The van der Waals surface area contributed by atoms with E-state index in [1.807, 2.05) is 10.3 Å². The van der Waals surface area contributed by atoms with E-state index in [0.29, 0.717) is 25.3 Å². The van der Waals surface area contributed by atoms with Crippen molar-refractivity contribution in [2.24, 2.45) is 5.92 Å². The van der Waals surface area contributed by atoms with Crippen LogP contribution >= 0.6 is 11.3 Å². The van der Waals surface area contributed by atoms with E-state index in [1.54, 1.807) is 18.5 Å². The van der Waals surface area contributed by atoms with Crippen LogP contribution in [0.15, 0.2) is 23.8 Å². The molecule has 1 amide bonds. The van der Waals surface area contributed by atoms with Gasteiger partial charge in [-0.3, -0.25) is 9.69 Å². The second kappa shape index (κ2) is 7.61. The van der Waals surface area contributed by atoms with Crippen LogP contribution in [0, 0.1) is 5.92 Å². The van der Waals surface area contributed by atoms with Gasteiger partial charge in [-0.2, -0.15) is 0 Å². The van der Waals surface area contributed by atoms with Crippen LogP contribution in [0.1, 0.15) is 12.1 Å². The van der Waals surface area contributed by atoms with Crippen molar-refractivity contribution >= 4 is 27.1 Å². The van der Waals surface area contributed by atoms with Crippen molar-refractivity contribution in [2.75, 3.05) is 37.7 Å². The summed E-state index contributed by atoms with van der Waals surface area (Å²) < 4.78 is 23.2. The number of rotatable bonds is 4. The van der Waals surface area contributed by atoms with Gasteiger partial charge in [0.15, 0.2) is 20.7 Å². The molecular weight excluding hydrogens is 386 g/mol. The highest BCUT2D eigenvalue weighted by Gasteiger charge is 2.36. The number of thiazole rings is 1. The number of amides is 1. The first-order valence-electron chi connectivity index (χ1n) is 8.93. The molecular formula is C17H21N5O3S2. The molecule has 27 heavy (non-hydrogen) atoms. The second-order valence-electron chi connectivity index (χ2n) is 6.92. The number of piperazine rings is 1. The molecule has 0 aliphatic carbocycles. The van der Waals surface area contributed by atoms with E-state index < -0.39 is 9.84 Å². The highest BCUT2D eigenvalue weighted by molar-refractivity contribution is 7.91. The summed E-state index contributed by atoms with van der Waals surface area (Å²) in [6.45, 7) is 3.52. The van der Waals surface area contributed by atoms with Gasteiger partial charge >= 0.3 is 0 Å². The molecule has 1 unspecified atom stereocenters. The Kier molecular flexibility index (Phi) is 5.20. The van der Waals surface area contributed by atoms with Crippen molar-refractivity contribution in [1.82, 2.24) is 24.8 Å². The average molecular weight is 408 g/mol. The molecule has 144 valence electrons. The van der Waals surface area contributed by atoms with Gasteiger partial charge < -0.3 is 4.90 Å². The van der Waals surface area contributed by atoms with Gasteiger partial charge in [-0.05, 0) is 12.5 Å². The first-order chi connectivity index (χ1) is 13.0. The van der Waals surface area contributed by atoms with Crippen LogP contribution in [0.5, 0.6) is 0 Å². The summed E-state index contributed by atoms with van der Waals surface area (Å²) in [4.78, 5) is 29.7.